The lowest BCUT2D eigenvalue weighted by Gasteiger charge is -2.10. The fraction of sp³-hybridized carbons (Fsp3) is 0.150. The summed E-state index contributed by atoms with van der Waals surface area (Å²) < 4.78 is 1.14. The Hall–Kier alpha value is -2.48. The third-order valence-corrected chi connectivity index (χ3v) is 4.64. The Morgan fingerprint density at radius 1 is 1.12 bits per heavy atom. The lowest BCUT2D eigenvalue weighted by Crippen LogP contribution is -2.17. The minimum atomic E-state index is -0.101. The van der Waals surface area contributed by atoms with E-state index in [0.717, 1.165) is 26.1 Å². The molecule has 3 rings (SSSR count). The normalized spacial score (nSPS) is 10.5. The quantitative estimate of drug-likeness (QED) is 0.446. The fourth-order valence-corrected chi connectivity index (χ4v) is 2.89. The van der Waals surface area contributed by atoms with Gasteiger partial charge in [0.2, 0.25) is 5.91 Å². The van der Waals surface area contributed by atoms with Crippen LogP contribution in [-0.4, -0.2) is 15.9 Å². The van der Waals surface area contributed by atoms with E-state index in [-0.39, 0.29) is 5.91 Å². The molecule has 1 amide bonds. The molecule has 0 aliphatic heterocycles. The summed E-state index contributed by atoms with van der Waals surface area (Å²) in [6.07, 6.45) is 2.65. The molecular formula is C20H19IN4O. The highest BCUT2D eigenvalue weighted by atomic mass is 127. The van der Waals surface area contributed by atoms with E-state index in [0.29, 0.717) is 24.3 Å². The molecule has 3 N–H and O–H groups in total. The van der Waals surface area contributed by atoms with Gasteiger partial charge in [0, 0.05) is 14.8 Å². The molecule has 6 heteroatoms. The molecule has 26 heavy (non-hydrogen) atoms. The monoisotopic (exact) mass is 458 g/mol. The number of nitrogens with one attached hydrogen (secondary N) is 1. The van der Waals surface area contributed by atoms with Crippen molar-refractivity contribution in [3.8, 4) is 11.3 Å². The number of anilines is 2. The van der Waals surface area contributed by atoms with E-state index in [9.17, 15) is 4.79 Å². The highest BCUT2D eigenvalue weighted by molar-refractivity contribution is 14.1. The predicted octanol–water partition coefficient (Wildman–Crippen LogP) is 4.07. The number of hydrogen-bond acceptors (Lipinski definition) is 4. The Balaban J connectivity index is 1.76. The molecule has 0 bridgehead atoms. The molecule has 0 fully saturated rings. The van der Waals surface area contributed by atoms with Crippen molar-refractivity contribution in [2.24, 2.45) is 0 Å². The van der Waals surface area contributed by atoms with Gasteiger partial charge < -0.3 is 11.1 Å². The minimum Gasteiger partial charge on any atom is -0.399 e. The molecule has 0 spiro atoms. The van der Waals surface area contributed by atoms with Gasteiger partial charge in [-0.3, -0.25) is 4.79 Å². The van der Waals surface area contributed by atoms with Gasteiger partial charge in [-0.2, -0.15) is 0 Å². The number of nitrogens with zero attached hydrogens (tertiary/aromatic N) is 2. The number of carbonyl (C=O) groups excluding carboxylic acids is 1. The molecule has 0 unspecified atom stereocenters. The lowest BCUT2D eigenvalue weighted by atomic mass is 10.1. The van der Waals surface area contributed by atoms with Crippen LogP contribution in [0.2, 0.25) is 0 Å². The Morgan fingerprint density at radius 3 is 2.46 bits per heavy atom. The number of rotatable bonds is 5. The maximum absolute atomic E-state index is 12.3. The van der Waals surface area contributed by atoms with E-state index in [1.807, 2.05) is 55.5 Å². The lowest BCUT2D eigenvalue weighted by molar-refractivity contribution is -0.115. The van der Waals surface area contributed by atoms with Crippen LogP contribution in [0.15, 0.2) is 54.7 Å². The number of nitrogens with two attached hydrogens (primary N) is 1. The average Bonchev–Trinajstić information content (AvgIpc) is 2.64. The third kappa shape index (κ3) is 4.57. The number of carbonyl (C=O) groups is 1. The van der Waals surface area contributed by atoms with Crippen molar-refractivity contribution in [2.45, 2.75) is 19.8 Å². The Bertz CT molecular complexity index is 908. The van der Waals surface area contributed by atoms with Gasteiger partial charge in [0.25, 0.3) is 0 Å². The average molecular weight is 458 g/mol. The van der Waals surface area contributed by atoms with Gasteiger partial charge in [-0.15, -0.1) is 0 Å². The second-order valence-corrected chi connectivity index (χ2v) is 7.12. The number of aryl methyl sites for hydroxylation is 1. The second kappa shape index (κ2) is 8.27. The van der Waals surface area contributed by atoms with Gasteiger partial charge in [-0.1, -0.05) is 31.2 Å². The van der Waals surface area contributed by atoms with E-state index >= 15 is 0 Å². The van der Waals surface area contributed by atoms with E-state index in [1.165, 1.54) is 0 Å². The van der Waals surface area contributed by atoms with E-state index in [2.05, 4.69) is 37.9 Å². The van der Waals surface area contributed by atoms with Crippen molar-refractivity contribution in [1.29, 1.82) is 0 Å². The minimum absolute atomic E-state index is 0.101. The summed E-state index contributed by atoms with van der Waals surface area (Å²) in [5.41, 5.74) is 9.86. The van der Waals surface area contributed by atoms with Crippen LogP contribution >= 0.6 is 22.6 Å². The Kier molecular flexibility index (Phi) is 5.82. The van der Waals surface area contributed by atoms with Crippen LogP contribution in [0, 0.1) is 3.57 Å². The second-order valence-electron chi connectivity index (χ2n) is 5.88. The van der Waals surface area contributed by atoms with Crippen LogP contribution in [-0.2, 0) is 17.6 Å². The first-order valence-electron chi connectivity index (χ1n) is 8.31. The molecule has 0 saturated carbocycles. The third-order valence-electron chi connectivity index (χ3n) is 3.92. The predicted molar refractivity (Wildman–Crippen MR) is 113 cm³/mol. The van der Waals surface area contributed by atoms with Crippen LogP contribution in [0.25, 0.3) is 11.3 Å². The number of halogens is 1. The van der Waals surface area contributed by atoms with Gasteiger partial charge in [0.1, 0.15) is 0 Å². The number of amides is 1. The molecule has 1 heterocycles. The first-order valence-corrected chi connectivity index (χ1v) is 9.39. The Labute approximate surface area is 166 Å². The molecule has 132 valence electrons. The first kappa shape index (κ1) is 18.3. The Morgan fingerprint density at radius 2 is 1.81 bits per heavy atom. The summed E-state index contributed by atoms with van der Waals surface area (Å²) >= 11 is 2.24. The summed E-state index contributed by atoms with van der Waals surface area (Å²) in [6.45, 7) is 1.99. The summed E-state index contributed by atoms with van der Waals surface area (Å²) in [5, 5.41) is 2.88. The highest BCUT2D eigenvalue weighted by Crippen LogP contribution is 2.21. The van der Waals surface area contributed by atoms with E-state index in [4.69, 9.17) is 5.73 Å². The van der Waals surface area contributed by atoms with Gasteiger partial charge in [-0.25, -0.2) is 9.97 Å². The van der Waals surface area contributed by atoms with Crippen LogP contribution < -0.4 is 11.1 Å². The molecule has 5 nitrogen and oxygen atoms in total. The van der Waals surface area contributed by atoms with Crippen molar-refractivity contribution in [3.63, 3.8) is 0 Å². The van der Waals surface area contributed by atoms with Crippen molar-refractivity contribution in [1.82, 2.24) is 9.97 Å². The SMILES string of the molecule is CCc1nc(-c2ccc(N)cc2)cnc1NC(=O)Cc1ccc(I)cc1. The fourth-order valence-electron chi connectivity index (χ4n) is 2.54. The maximum atomic E-state index is 12.3. The largest absolute Gasteiger partial charge is 0.399 e. The standard InChI is InChI=1S/C20H19IN4O/c1-2-17-20(25-19(26)11-13-3-7-15(21)8-4-13)23-12-18(24-17)14-5-9-16(22)10-6-14/h3-10,12H,2,11,22H2,1H3,(H,23,25,26). The van der Waals surface area contributed by atoms with Crippen LogP contribution in [0.3, 0.4) is 0 Å². The summed E-state index contributed by atoms with van der Waals surface area (Å²) in [4.78, 5) is 21.4. The topological polar surface area (TPSA) is 80.9 Å². The van der Waals surface area contributed by atoms with Gasteiger partial charge in [0.15, 0.2) is 5.82 Å². The summed E-state index contributed by atoms with van der Waals surface area (Å²) in [7, 11) is 0. The van der Waals surface area contributed by atoms with Crippen LogP contribution in [0.1, 0.15) is 18.2 Å². The number of hydrogen-bond donors (Lipinski definition) is 2. The molecule has 1 aromatic heterocycles. The molecule has 3 aromatic rings. The number of benzene rings is 2. The van der Waals surface area contributed by atoms with Crippen molar-refractivity contribution in [3.05, 3.63) is 69.6 Å². The molecule has 0 saturated heterocycles. The van der Waals surface area contributed by atoms with E-state index < -0.39 is 0 Å². The summed E-state index contributed by atoms with van der Waals surface area (Å²) in [6, 6.07) is 15.4. The molecular weight excluding hydrogens is 439 g/mol. The van der Waals surface area contributed by atoms with Gasteiger partial charge >= 0.3 is 0 Å². The van der Waals surface area contributed by atoms with Gasteiger partial charge in [0.05, 0.1) is 24.0 Å². The number of aromatic nitrogens is 2. The zero-order chi connectivity index (χ0) is 18.5. The molecule has 2 aromatic carbocycles. The number of nitrogen functional groups attached to an aromatic ring is 1. The molecule has 0 aliphatic carbocycles. The van der Waals surface area contributed by atoms with Crippen LogP contribution in [0.4, 0.5) is 11.5 Å². The zero-order valence-corrected chi connectivity index (χ0v) is 16.5. The van der Waals surface area contributed by atoms with E-state index in [1.54, 1.807) is 6.20 Å². The smallest absolute Gasteiger partial charge is 0.229 e. The van der Waals surface area contributed by atoms with Crippen molar-refractivity contribution in [2.75, 3.05) is 11.1 Å². The van der Waals surface area contributed by atoms with Crippen molar-refractivity contribution >= 4 is 40.0 Å². The first-order chi connectivity index (χ1) is 12.5. The van der Waals surface area contributed by atoms with Crippen LogP contribution in [0.5, 0.6) is 0 Å². The highest BCUT2D eigenvalue weighted by Gasteiger charge is 2.11. The molecule has 0 atom stereocenters. The van der Waals surface area contributed by atoms with Crippen molar-refractivity contribution < 1.29 is 4.79 Å². The zero-order valence-electron chi connectivity index (χ0n) is 14.4. The molecule has 0 aliphatic rings. The summed E-state index contributed by atoms with van der Waals surface area (Å²) in [5.74, 6) is 0.414. The van der Waals surface area contributed by atoms with Gasteiger partial charge in [-0.05, 0) is 58.8 Å². The molecule has 0 radical (unpaired) electrons. The maximum Gasteiger partial charge on any atom is 0.229 e.